The molecule has 0 aromatic heterocycles. The average Bonchev–Trinajstić information content (AvgIpc) is 2.44. The third kappa shape index (κ3) is 4.44. The van der Waals surface area contributed by atoms with Crippen LogP contribution in [0.25, 0.3) is 0 Å². The van der Waals surface area contributed by atoms with Gasteiger partial charge in [-0.05, 0) is 29.8 Å². The van der Waals surface area contributed by atoms with Gasteiger partial charge in [0, 0.05) is 12.1 Å². The van der Waals surface area contributed by atoms with Crippen LogP contribution < -0.4 is 5.32 Å². The van der Waals surface area contributed by atoms with Crippen LogP contribution in [0.15, 0.2) is 48.5 Å². The highest BCUT2D eigenvalue weighted by molar-refractivity contribution is 6.42. The lowest BCUT2D eigenvalue weighted by Gasteiger charge is -2.07. The number of rotatable bonds is 4. The van der Waals surface area contributed by atoms with Crippen molar-refractivity contribution in [3.63, 3.8) is 0 Å². The van der Waals surface area contributed by atoms with Gasteiger partial charge in [-0.3, -0.25) is 5.32 Å². The molecular formula is C15H13Cl2NO2. The molecule has 1 amide bonds. The molecular weight excluding hydrogens is 297 g/mol. The molecule has 0 unspecified atom stereocenters. The van der Waals surface area contributed by atoms with Gasteiger partial charge in [-0.1, -0.05) is 47.5 Å². The molecule has 2 aromatic carbocycles. The number of nitrogens with one attached hydrogen (secondary N) is 1. The SMILES string of the molecule is O=C(Nc1ccccc1)OCCc1ccc(Cl)c(Cl)c1. The van der Waals surface area contributed by atoms with Crippen molar-refractivity contribution in [2.24, 2.45) is 0 Å². The lowest BCUT2D eigenvalue weighted by atomic mass is 10.2. The normalized spacial score (nSPS) is 10.1. The minimum Gasteiger partial charge on any atom is -0.449 e. The monoisotopic (exact) mass is 309 g/mol. The summed E-state index contributed by atoms with van der Waals surface area (Å²) in [4.78, 5) is 11.5. The highest BCUT2D eigenvalue weighted by Crippen LogP contribution is 2.22. The average molecular weight is 310 g/mol. The number of carbonyl (C=O) groups is 1. The van der Waals surface area contributed by atoms with Crippen molar-refractivity contribution >= 4 is 35.0 Å². The minimum absolute atomic E-state index is 0.274. The van der Waals surface area contributed by atoms with Gasteiger partial charge in [-0.15, -0.1) is 0 Å². The largest absolute Gasteiger partial charge is 0.449 e. The number of hydrogen-bond donors (Lipinski definition) is 1. The number of hydrogen-bond acceptors (Lipinski definition) is 2. The quantitative estimate of drug-likeness (QED) is 0.882. The van der Waals surface area contributed by atoms with E-state index in [1.54, 1.807) is 24.3 Å². The number of halogens is 2. The van der Waals surface area contributed by atoms with Gasteiger partial charge in [0.05, 0.1) is 16.7 Å². The summed E-state index contributed by atoms with van der Waals surface area (Å²) in [6.45, 7) is 0.274. The first-order valence-electron chi connectivity index (χ1n) is 6.08. The van der Waals surface area contributed by atoms with E-state index < -0.39 is 6.09 Å². The lowest BCUT2D eigenvalue weighted by Crippen LogP contribution is -2.15. The van der Waals surface area contributed by atoms with Crippen LogP contribution in [0, 0.1) is 0 Å². The van der Waals surface area contributed by atoms with E-state index in [9.17, 15) is 4.79 Å². The first-order chi connectivity index (χ1) is 9.65. The van der Waals surface area contributed by atoms with Crippen LogP contribution in [0.3, 0.4) is 0 Å². The van der Waals surface area contributed by atoms with Crippen molar-refractivity contribution in [1.29, 1.82) is 0 Å². The molecule has 2 aromatic rings. The van der Waals surface area contributed by atoms with Gasteiger partial charge in [0.25, 0.3) is 0 Å². The fraction of sp³-hybridized carbons (Fsp3) is 0.133. The maximum absolute atomic E-state index is 11.5. The van der Waals surface area contributed by atoms with Crippen LogP contribution in [0.1, 0.15) is 5.56 Å². The second kappa shape index (κ2) is 7.17. The fourth-order valence-electron chi connectivity index (χ4n) is 1.63. The summed E-state index contributed by atoms with van der Waals surface area (Å²) in [5, 5.41) is 3.65. The minimum atomic E-state index is -0.476. The van der Waals surface area contributed by atoms with Crippen LogP contribution in [-0.2, 0) is 11.2 Å². The maximum atomic E-state index is 11.5. The number of ether oxygens (including phenoxy) is 1. The van der Waals surface area contributed by atoms with Crippen molar-refractivity contribution in [2.75, 3.05) is 11.9 Å². The van der Waals surface area contributed by atoms with Gasteiger partial charge in [-0.2, -0.15) is 0 Å². The molecule has 0 aliphatic carbocycles. The van der Waals surface area contributed by atoms with Crippen molar-refractivity contribution in [3.8, 4) is 0 Å². The van der Waals surface area contributed by atoms with E-state index in [4.69, 9.17) is 27.9 Å². The molecule has 0 aliphatic rings. The van der Waals surface area contributed by atoms with Crippen LogP contribution in [-0.4, -0.2) is 12.7 Å². The van der Waals surface area contributed by atoms with Gasteiger partial charge in [-0.25, -0.2) is 4.79 Å². The van der Waals surface area contributed by atoms with Crippen LogP contribution in [0.2, 0.25) is 10.0 Å². The molecule has 0 saturated heterocycles. The Hall–Kier alpha value is -1.71. The Morgan fingerprint density at radius 3 is 2.50 bits per heavy atom. The zero-order chi connectivity index (χ0) is 14.4. The van der Waals surface area contributed by atoms with Crippen molar-refractivity contribution in [2.45, 2.75) is 6.42 Å². The second-order valence-electron chi connectivity index (χ2n) is 4.13. The van der Waals surface area contributed by atoms with E-state index >= 15 is 0 Å². The van der Waals surface area contributed by atoms with Crippen LogP contribution in [0.5, 0.6) is 0 Å². The molecule has 0 aliphatic heterocycles. The molecule has 1 N–H and O–H groups in total. The zero-order valence-corrected chi connectivity index (χ0v) is 12.1. The number of carbonyl (C=O) groups excluding carboxylic acids is 1. The Morgan fingerprint density at radius 2 is 1.80 bits per heavy atom. The summed E-state index contributed by atoms with van der Waals surface area (Å²) < 4.78 is 5.09. The Morgan fingerprint density at radius 1 is 1.05 bits per heavy atom. The maximum Gasteiger partial charge on any atom is 0.411 e. The fourth-order valence-corrected chi connectivity index (χ4v) is 1.95. The van der Waals surface area contributed by atoms with E-state index in [-0.39, 0.29) is 6.61 Å². The first-order valence-corrected chi connectivity index (χ1v) is 6.83. The molecule has 20 heavy (non-hydrogen) atoms. The van der Waals surface area contributed by atoms with E-state index in [0.717, 1.165) is 5.56 Å². The predicted octanol–water partition coefficient (Wildman–Crippen LogP) is 4.78. The Balaban J connectivity index is 1.78. The Kier molecular flexibility index (Phi) is 5.27. The lowest BCUT2D eigenvalue weighted by molar-refractivity contribution is 0.163. The van der Waals surface area contributed by atoms with Crippen LogP contribution >= 0.6 is 23.2 Å². The molecule has 104 valence electrons. The van der Waals surface area contributed by atoms with E-state index in [2.05, 4.69) is 5.32 Å². The molecule has 2 rings (SSSR count). The topological polar surface area (TPSA) is 38.3 Å². The molecule has 0 radical (unpaired) electrons. The first kappa shape index (κ1) is 14.7. The highest BCUT2D eigenvalue weighted by Gasteiger charge is 2.04. The predicted molar refractivity (Wildman–Crippen MR) is 81.6 cm³/mol. The van der Waals surface area contributed by atoms with Crippen LogP contribution in [0.4, 0.5) is 10.5 Å². The molecule has 0 atom stereocenters. The third-order valence-electron chi connectivity index (χ3n) is 2.63. The standard InChI is InChI=1S/C15H13Cl2NO2/c16-13-7-6-11(10-14(13)17)8-9-20-15(19)18-12-4-2-1-3-5-12/h1-7,10H,8-9H2,(H,18,19). The molecule has 3 nitrogen and oxygen atoms in total. The van der Waals surface area contributed by atoms with E-state index in [0.29, 0.717) is 22.2 Å². The molecule has 0 saturated carbocycles. The summed E-state index contributed by atoms with van der Waals surface area (Å²) in [5.74, 6) is 0. The van der Waals surface area contributed by atoms with E-state index in [1.807, 2.05) is 24.3 Å². The molecule has 0 heterocycles. The molecule has 0 bridgehead atoms. The number of anilines is 1. The van der Waals surface area contributed by atoms with Gasteiger partial charge in [0.15, 0.2) is 0 Å². The third-order valence-corrected chi connectivity index (χ3v) is 3.37. The molecule has 5 heteroatoms. The Bertz CT molecular complexity index is 588. The van der Waals surface area contributed by atoms with Gasteiger partial charge >= 0.3 is 6.09 Å². The number of para-hydroxylation sites is 1. The molecule has 0 fully saturated rings. The summed E-state index contributed by atoms with van der Waals surface area (Å²) in [6, 6.07) is 14.5. The second-order valence-corrected chi connectivity index (χ2v) is 4.94. The van der Waals surface area contributed by atoms with Crippen molar-refractivity contribution in [3.05, 3.63) is 64.1 Å². The summed E-state index contributed by atoms with van der Waals surface area (Å²) >= 11 is 11.7. The zero-order valence-electron chi connectivity index (χ0n) is 10.6. The molecule has 0 spiro atoms. The van der Waals surface area contributed by atoms with Gasteiger partial charge < -0.3 is 4.74 Å². The van der Waals surface area contributed by atoms with Crippen molar-refractivity contribution < 1.29 is 9.53 Å². The summed E-state index contributed by atoms with van der Waals surface area (Å²) in [7, 11) is 0. The van der Waals surface area contributed by atoms with Gasteiger partial charge in [0.1, 0.15) is 0 Å². The summed E-state index contributed by atoms with van der Waals surface area (Å²) in [5.41, 5.74) is 1.67. The van der Waals surface area contributed by atoms with Gasteiger partial charge in [0.2, 0.25) is 0 Å². The van der Waals surface area contributed by atoms with Crippen molar-refractivity contribution in [1.82, 2.24) is 0 Å². The number of benzene rings is 2. The Labute approximate surface area is 127 Å². The highest BCUT2D eigenvalue weighted by atomic mass is 35.5. The van der Waals surface area contributed by atoms with E-state index in [1.165, 1.54) is 0 Å². The number of amides is 1. The smallest absolute Gasteiger partial charge is 0.411 e. The summed E-state index contributed by atoms with van der Waals surface area (Å²) in [6.07, 6.45) is 0.107.